The van der Waals surface area contributed by atoms with Gasteiger partial charge in [-0.3, -0.25) is 14.4 Å². The van der Waals surface area contributed by atoms with Gasteiger partial charge < -0.3 is 20.7 Å². The number of aliphatic hydroxyl groups is 1. The van der Waals surface area contributed by atoms with Crippen LogP contribution in [0.4, 0.5) is 0 Å². The molecule has 4 aromatic rings. The van der Waals surface area contributed by atoms with Gasteiger partial charge in [0, 0.05) is 39.3 Å². The highest BCUT2D eigenvalue weighted by Crippen LogP contribution is 2.58. The summed E-state index contributed by atoms with van der Waals surface area (Å²) in [5.74, 6) is -0.121. The van der Waals surface area contributed by atoms with Crippen molar-refractivity contribution < 1.29 is 14.7 Å². The van der Waals surface area contributed by atoms with Gasteiger partial charge in [-0.1, -0.05) is 41.9 Å². The normalized spacial score (nSPS) is 26.7. The molecule has 0 spiro atoms. The molecular formula is C34H32ClN3O4. The molecule has 214 valence electrons. The van der Waals surface area contributed by atoms with E-state index in [-0.39, 0.29) is 29.2 Å². The molecule has 0 aliphatic heterocycles. The lowest BCUT2D eigenvalue weighted by atomic mass is 9.51. The lowest BCUT2D eigenvalue weighted by Crippen LogP contribution is -2.63. The fraction of sp³-hybridized carbons (Fsp3) is 0.324. The van der Waals surface area contributed by atoms with Crippen molar-refractivity contribution in [2.45, 2.75) is 49.8 Å². The summed E-state index contributed by atoms with van der Waals surface area (Å²) in [7, 11) is 0. The third-order valence-corrected chi connectivity index (χ3v) is 9.96. The Morgan fingerprint density at radius 2 is 1.62 bits per heavy atom. The van der Waals surface area contributed by atoms with Crippen molar-refractivity contribution >= 4 is 34.3 Å². The van der Waals surface area contributed by atoms with Crippen molar-refractivity contribution in [1.29, 1.82) is 0 Å². The van der Waals surface area contributed by atoms with Gasteiger partial charge in [0.25, 0.3) is 5.91 Å². The van der Waals surface area contributed by atoms with Crippen LogP contribution in [0.1, 0.15) is 70.0 Å². The van der Waals surface area contributed by atoms with Crippen LogP contribution in [0.3, 0.4) is 0 Å². The van der Waals surface area contributed by atoms with E-state index in [1.54, 1.807) is 48.7 Å². The van der Waals surface area contributed by atoms with Crippen LogP contribution in [0.5, 0.6) is 0 Å². The minimum atomic E-state index is -0.688. The van der Waals surface area contributed by atoms with Crippen LogP contribution < -0.4 is 11.2 Å². The smallest absolute Gasteiger partial charge is 0.254 e. The highest BCUT2D eigenvalue weighted by atomic mass is 35.5. The van der Waals surface area contributed by atoms with Gasteiger partial charge in [-0.2, -0.15) is 0 Å². The molecule has 3 unspecified atom stereocenters. The molecule has 4 bridgehead atoms. The summed E-state index contributed by atoms with van der Waals surface area (Å²) in [6, 6.07) is 20.3. The Morgan fingerprint density at radius 1 is 0.952 bits per heavy atom. The number of halogens is 1. The van der Waals surface area contributed by atoms with Crippen LogP contribution in [-0.4, -0.2) is 38.4 Å². The van der Waals surface area contributed by atoms with Gasteiger partial charge in [0.1, 0.15) is 0 Å². The van der Waals surface area contributed by atoms with Crippen LogP contribution >= 0.6 is 11.6 Å². The zero-order chi connectivity index (χ0) is 29.2. The van der Waals surface area contributed by atoms with Crippen LogP contribution in [0.25, 0.3) is 10.9 Å². The molecule has 3 aromatic carbocycles. The van der Waals surface area contributed by atoms with E-state index in [2.05, 4.69) is 4.98 Å². The largest absolute Gasteiger partial charge is 0.390 e. The molecule has 0 radical (unpaired) electrons. The van der Waals surface area contributed by atoms with E-state index in [0.717, 1.165) is 24.8 Å². The minimum absolute atomic E-state index is 0.111. The molecule has 7 nitrogen and oxygen atoms in total. The summed E-state index contributed by atoms with van der Waals surface area (Å²) in [5, 5.41) is 12.4. The van der Waals surface area contributed by atoms with E-state index in [0.29, 0.717) is 51.4 Å². The highest BCUT2D eigenvalue weighted by molar-refractivity contribution is 6.31. The Bertz CT molecular complexity index is 1740. The number of carbonyl (C=O) groups excluding carboxylic acids is 2. The maximum absolute atomic E-state index is 14.8. The van der Waals surface area contributed by atoms with Crippen molar-refractivity contribution in [2.75, 3.05) is 0 Å². The average molecular weight is 582 g/mol. The second-order valence-corrected chi connectivity index (χ2v) is 12.9. The summed E-state index contributed by atoms with van der Waals surface area (Å²) in [6.45, 7) is 0. The fourth-order valence-electron chi connectivity index (χ4n) is 8.30. The maximum atomic E-state index is 14.8. The topological polar surface area (TPSA) is 116 Å². The molecule has 3 atom stereocenters. The number of primary amides is 1. The number of amides is 2. The van der Waals surface area contributed by atoms with Gasteiger partial charge in [0.15, 0.2) is 5.43 Å². The molecule has 1 aromatic heterocycles. The molecule has 2 amide bonds. The Hall–Kier alpha value is -3.94. The molecule has 1 heterocycles. The summed E-state index contributed by atoms with van der Waals surface area (Å²) in [4.78, 5) is 45.9. The van der Waals surface area contributed by atoms with Gasteiger partial charge >= 0.3 is 0 Å². The minimum Gasteiger partial charge on any atom is -0.390 e. The molecule has 8 heteroatoms. The number of aromatic nitrogens is 1. The van der Waals surface area contributed by atoms with Crippen molar-refractivity contribution in [3.63, 3.8) is 0 Å². The number of H-pyrrole nitrogens is 1. The first kappa shape index (κ1) is 26.9. The molecule has 0 saturated heterocycles. The Morgan fingerprint density at radius 3 is 2.26 bits per heavy atom. The Labute approximate surface area is 248 Å². The number of nitrogens with zero attached hydrogens (tertiary/aromatic N) is 1. The van der Waals surface area contributed by atoms with Crippen molar-refractivity contribution in [1.82, 2.24) is 9.88 Å². The molecule has 4 aliphatic rings. The van der Waals surface area contributed by atoms with Crippen LogP contribution in [-0.2, 0) is 0 Å². The summed E-state index contributed by atoms with van der Waals surface area (Å²) in [6.07, 6.45) is 5.71. The SMILES string of the molecule is NC(=O)c1ccc(C(=O)N(C(c2ccccc2)c2c[nH]c3cc(Cl)ccc3c2=O)C2C3CC4CC2CC(O)(C4)C3)cc1. The summed E-state index contributed by atoms with van der Waals surface area (Å²) in [5.41, 5.74) is 7.27. The van der Waals surface area contributed by atoms with Gasteiger partial charge in [-0.25, -0.2) is 0 Å². The lowest BCUT2D eigenvalue weighted by molar-refractivity contribution is -0.157. The van der Waals surface area contributed by atoms with Crippen molar-refractivity contribution in [2.24, 2.45) is 23.5 Å². The number of nitrogens with two attached hydrogens (primary N) is 1. The standard InChI is InChI=1S/C34H32ClN3O4/c35-25-10-11-26-28(14-25)37-18-27(31(26)39)30(20-4-2-1-3-5-20)38(33(41)22-8-6-21(7-9-22)32(36)40)29-23-12-19-13-24(29)17-34(42,15-19)16-23/h1-11,14,18-19,23-24,29-30,42H,12-13,15-17H2,(H2,36,40)(H,37,39). The number of aromatic amines is 1. The third kappa shape index (κ3) is 4.52. The monoisotopic (exact) mass is 581 g/mol. The second kappa shape index (κ2) is 10.1. The Kier molecular flexibility index (Phi) is 6.48. The van der Waals surface area contributed by atoms with E-state index < -0.39 is 17.6 Å². The first-order valence-corrected chi connectivity index (χ1v) is 14.9. The third-order valence-electron chi connectivity index (χ3n) is 9.72. The number of fused-ring (bicyclic) bond motifs is 1. The first-order valence-electron chi connectivity index (χ1n) is 14.5. The molecule has 4 aliphatic carbocycles. The van der Waals surface area contributed by atoms with Crippen LogP contribution in [0.2, 0.25) is 5.02 Å². The maximum Gasteiger partial charge on any atom is 0.254 e. The van der Waals surface area contributed by atoms with Crippen LogP contribution in [0, 0.1) is 17.8 Å². The molecule has 42 heavy (non-hydrogen) atoms. The van der Waals surface area contributed by atoms with E-state index in [9.17, 15) is 19.5 Å². The lowest BCUT2D eigenvalue weighted by Gasteiger charge is -2.61. The van der Waals surface area contributed by atoms with Crippen LogP contribution in [0.15, 0.2) is 83.8 Å². The van der Waals surface area contributed by atoms with E-state index >= 15 is 0 Å². The summed E-state index contributed by atoms with van der Waals surface area (Å²) < 4.78 is 0. The van der Waals surface area contributed by atoms with E-state index in [1.165, 1.54) is 0 Å². The predicted octanol–water partition coefficient (Wildman–Crippen LogP) is 5.45. The van der Waals surface area contributed by atoms with Crippen molar-refractivity contribution in [3.8, 4) is 0 Å². The van der Waals surface area contributed by atoms with Gasteiger partial charge in [0.05, 0.1) is 17.2 Å². The molecule has 4 N–H and O–H groups in total. The number of nitrogens with one attached hydrogen (secondary N) is 1. The molecular weight excluding hydrogens is 550 g/mol. The molecule has 4 saturated carbocycles. The van der Waals surface area contributed by atoms with Gasteiger partial charge in [0.2, 0.25) is 5.91 Å². The number of hydrogen-bond donors (Lipinski definition) is 3. The fourth-order valence-corrected chi connectivity index (χ4v) is 8.47. The van der Waals surface area contributed by atoms with Gasteiger partial charge in [-0.05, 0) is 97.9 Å². The number of pyridine rings is 1. The molecule has 4 fully saturated rings. The predicted molar refractivity (Wildman–Crippen MR) is 161 cm³/mol. The van der Waals surface area contributed by atoms with Gasteiger partial charge in [-0.15, -0.1) is 0 Å². The highest BCUT2D eigenvalue weighted by Gasteiger charge is 2.57. The zero-order valence-electron chi connectivity index (χ0n) is 23.0. The first-order chi connectivity index (χ1) is 20.2. The number of hydrogen-bond acceptors (Lipinski definition) is 4. The number of carbonyl (C=O) groups is 2. The Balaban J connectivity index is 1.43. The second-order valence-electron chi connectivity index (χ2n) is 12.4. The summed E-state index contributed by atoms with van der Waals surface area (Å²) >= 11 is 6.22. The number of benzene rings is 3. The van der Waals surface area contributed by atoms with Crippen molar-refractivity contribution in [3.05, 3.63) is 116 Å². The molecule has 8 rings (SSSR count). The van der Waals surface area contributed by atoms with E-state index in [4.69, 9.17) is 17.3 Å². The quantitative estimate of drug-likeness (QED) is 0.281. The zero-order valence-corrected chi connectivity index (χ0v) is 23.8. The average Bonchev–Trinajstić information content (AvgIpc) is 2.96. The van der Waals surface area contributed by atoms with E-state index in [1.807, 2.05) is 35.2 Å². The number of rotatable bonds is 6.